The summed E-state index contributed by atoms with van der Waals surface area (Å²) in [5.41, 5.74) is 6.20. The van der Waals surface area contributed by atoms with Gasteiger partial charge in [0.1, 0.15) is 6.67 Å². The summed E-state index contributed by atoms with van der Waals surface area (Å²) in [7, 11) is -3.32. The minimum Gasteiger partial charge on any atom is -0.369 e. The van der Waals surface area contributed by atoms with E-state index >= 15 is 0 Å². The molecule has 3 N–H and O–H groups in total. The van der Waals surface area contributed by atoms with Gasteiger partial charge in [-0.25, -0.2) is 8.42 Å². The number of amides is 1. The Morgan fingerprint density at radius 2 is 1.95 bits per heavy atom. The first-order valence-corrected chi connectivity index (χ1v) is 8.45. The molecule has 6 nitrogen and oxygen atoms in total. The van der Waals surface area contributed by atoms with Crippen molar-refractivity contribution in [2.24, 2.45) is 10.7 Å². The van der Waals surface area contributed by atoms with E-state index in [0.29, 0.717) is 24.1 Å². The summed E-state index contributed by atoms with van der Waals surface area (Å²) in [4.78, 5) is 15.2. The SMILES string of the molecule is C=C/C(=C(\CC)NCN=C/C=C(\CC)C(N)=O)S(C)(=O)=O. The molecule has 0 heterocycles. The van der Waals surface area contributed by atoms with Crippen LogP contribution in [0.3, 0.4) is 0 Å². The summed E-state index contributed by atoms with van der Waals surface area (Å²) in [5.74, 6) is -0.475. The molecule has 0 radical (unpaired) electrons. The second-order valence-corrected chi connectivity index (χ2v) is 6.23. The van der Waals surface area contributed by atoms with Gasteiger partial charge in [0, 0.05) is 23.7 Å². The third-order valence-corrected chi connectivity index (χ3v) is 3.91. The van der Waals surface area contributed by atoms with Gasteiger partial charge in [0.2, 0.25) is 5.91 Å². The first-order chi connectivity index (χ1) is 9.77. The fourth-order valence-corrected chi connectivity index (χ4v) is 2.56. The lowest BCUT2D eigenvalue weighted by Crippen LogP contribution is -2.17. The zero-order valence-electron chi connectivity index (χ0n) is 12.7. The van der Waals surface area contributed by atoms with Crippen LogP contribution in [0.25, 0.3) is 0 Å². The van der Waals surface area contributed by atoms with Gasteiger partial charge in [-0.2, -0.15) is 0 Å². The minimum absolute atomic E-state index is 0.169. The van der Waals surface area contributed by atoms with Crippen molar-refractivity contribution < 1.29 is 13.2 Å². The Morgan fingerprint density at radius 1 is 1.33 bits per heavy atom. The van der Waals surface area contributed by atoms with E-state index < -0.39 is 15.7 Å². The predicted octanol–water partition coefficient (Wildman–Crippen LogP) is 1.28. The Labute approximate surface area is 126 Å². The van der Waals surface area contributed by atoms with Crippen LogP contribution in [0.15, 0.2) is 39.9 Å². The molecule has 0 unspecified atom stereocenters. The number of allylic oxidation sites excluding steroid dienone is 3. The van der Waals surface area contributed by atoms with Gasteiger partial charge in [0.05, 0.1) is 4.91 Å². The van der Waals surface area contributed by atoms with E-state index in [9.17, 15) is 13.2 Å². The highest BCUT2D eigenvalue weighted by molar-refractivity contribution is 7.94. The maximum Gasteiger partial charge on any atom is 0.244 e. The molecule has 0 aromatic carbocycles. The monoisotopic (exact) mass is 313 g/mol. The summed E-state index contributed by atoms with van der Waals surface area (Å²) in [6.07, 6.45) is 6.51. The van der Waals surface area contributed by atoms with Gasteiger partial charge in [-0.1, -0.05) is 20.4 Å². The number of aliphatic imine (C=N–C) groups is 1. The van der Waals surface area contributed by atoms with E-state index in [1.54, 1.807) is 6.08 Å². The Bertz CT molecular complexity index is 572. The molecular weight excluding hydrogens is 290 g/mol. The Hall–Kier alpha value is -1.89. The molecule has 7 heteroatoms. The van der Waals surface area contributed by atoms with Crippen LogP contribution in [-0.2, 0) is 14.6 Å². The molecule has 0 saturated carbocycles. The molecule has 0 bridgehead atoms. The van der Waals surface area contributed by atoms with Crippen LogP contribution < -0.4 is 11.1 Å². The lowest BCUT2D eigenvalue weighted by Gasteiger charge is -2.10. The van der Waals surface area contributed by atoms with Gasteiger partial charge < -0.3 is 11.1 Å². The summed E-state index contributed by atoms with van der Waals surface area (Å²) < 4.78 is 23.2. The van der Waals surface area contributed by atoms with Gasteiger partial charge in [0.15, 0.2) is 9.84 Å². The summed E-state index contributed by atoms with van der Waals surface area (Å²) in [6, 6.07) is 0. The van der Waals surface area contributed by atoms with Gasteiger partial charge in [-0.05, 0) is 25.0 Å². The van der Waals surface area contributed by atoms with Crippen molar-refractivity contribution in [3.8, 4) is 0 Å². The Morgan fingerprint density at radius 3 is 2.33 bits per heavy atom. The number of rotatable bonds is 9. The molecule has 0 aliphatic carbocycles. The van der Waals surface area contributed by atoms with Crippen molar-refractivity contribution in [3.05, 3.63) is 34.9 Å². The quantitative estimate of drug-likeness (QED) is 0.380. The van der Waals surface area contributed by atoms with E-state index in [1.807, 2.05) is 13.8 Å². The molecule has 0 aromatic rings. The molecule has 0 aliphatic heterocycles. The predicted molar refractivity (Wildman–Crippen MR) is 86.4 cm³/mol. The summed E-state index contributed by atoms with van der Waals surface area (Å²) in [5, 5.41) is 2.93. The third-order valence-electron chi connectivity index (χ3n) is 2.70. The first kappa shape index (κ1) is 19.1. The molecule has 1 amide bonds. The molecule has 0 saturated heterocycles. The number of carbonyl (C=O) groups excluding carboxylic acids is 1. The lowest BCUT2D eigenvalue weighted by atomic mass is 10.2. The number of nitrogens with two attached hydrogens (primary N) is 1. The number of nitrogens with zero attached hydrogens (tertiary/aromatic N) is 1. The zero-order valence-corrected chi connectivity index (χ0v) is 13.5. The normalized spacial score (nSPS) is 14.0. The molecule has 0 aromatic heterocycles. The van der Waals surface area contributed by atoms with E-state index in [-0.39, 0.29) is 11.6 Å². The number of primary amides is 1. The van der Waals surface area contributed by atoms with Crippen molar-refractivity contribution in [1.82, 2.24) is 5.32 Å². The smallest absolute Gasteiger partial charge is 0.244 e. The topological polar surface area (TPSA) is 102 Å². The Kier molecular flexibility index (Phi) is 8.30. The van der Waals surface area contributed by atoms with Crippen molar-refractivity contribution in [3.63, 3.8) is 0 Å². The molecule has 21 heavy (non-hydrogen) atoms. The minimum atomic E-state index is -3.32. The maximum atomic E-state index is 11.6. The van der Waals surface area contributed by atoms with Crippen LogP contribution >= 0.6 is 0 Å². The average molecular weight is 313 g/mol. The van der Waals surface area contributed by atoms with Crippen LogP contribution in [0.2, 0.25) is 0 Å². The van der Waals surface area contributed by atoms with Crippen molar-refractivity contribution in [2.45, 2.75) is 26.7 Å². The number of hydrogen-bond donors (Lipinski definition) is 2. The third kappa shape index (κ3) is 6.89. The van der Waals surface area contributed by atoms with Crippen LogP contribution in [0.5, 0.6) is 0 Å². The fraction of sp³-hybridized carbons (Fsp3) is 0.429. The van der Waals surface area contributed by atoms with Crippen molar-refractivity contribution in [1.29, 1.82) is 0 Å². The molecule has 0 rings (SSSR count). The number of nitrogens with one attached hydrogen (secondary N) is 1. The Balaban J connectivity index is 4.88. The standard InChI is InChI=1S/C14H23N3O3S/c1-5-11(14(15)18)8-9-16-10-17-12(6-2)13(7-3)21(4,19)20/h7-9,17H,3,5-6,10H2,1-2,4H3,(H2,15,18)/b11-8+,13-12-,16-9?. The second kappa shape index (κ2) is 9.12. The summed E-state index contributed by atoms with van der Waals surface area (Å²) >= 11 is 0. The van der Waals surface area contributed by atoms with Crippen LogP contribution in [0.1, 0.15) is 26.7 Å². The van der Waals surface area contributed by atoms with Crippen LogP contribution in [-0.4, -0.2) is 33.5 Å². The molecule has 0 spiro atoms. The van der Waals surface area contributed by atoms with Crippen molar-refractivity contribution in [2.75, 3.05) is 12.9 Å². The van der Waals surface area contributed by atoms with Crippen LogP contribution in [0, 0.1) is 0 Å². The van der Waals surface area contributed by atoms with Gasteiger partial charge in [0.25, 0.3) is 0 Å². The zero-order chi connectivity index (χ0) is 16.5. The van der Waals surface area contributed by atoms with E-state index in [2.05, 4.69) is 16.9 Å². The average Bonchev–Trinajstić information content (AvgIpc) is 2.39. The number of carbonyl (C=O) groups is 1. The molecular formula is C14H23N3O3S. The molecule has 0 aliphatic rings. The lowest BCUT2D eigenvalue weighted by molar-refractivity contribution is -0.114. The van der Waals surface area contributed by atoms with Crippen molar-refractivity contribution >= 4 is 22.0 Å². The number of hydrogen-bond acceptors (Lipinski definition) is 5. The fourth-order valence-electron chi connectivity index (χ4n) is 1.60. The van der Waals surface area contributed by atoms with Crippen LogP contribution in [0.4, 0.5) is 0 Å². The molecule has 0 atom stereocenters. The number of sulfone groups is 1. The maximum absolute atomic E-state index is 11.6. The highest BCUT2D eigenvalue weighted by Gasteiger charge is 2.12. The highest BCUT2D eigenvalue weighted by atomic mass is 32.2. The first-order valence-electron chi connectivity index (χ1n) is 6.56. The van der Waals surface area contributed by atoms with Gasteiger partial charge >= 0.3 is 0 Å². The van der Waals surface area contributed by atoms with E-state index in [0.717, 1.165) is 6.26 Å². The second-order valence-electron chi connectivity index (χ2n) is 4.25. The molecule has 0 fully saturated rings. The largest absolute Gasteiger partial charge is 0.369 e. The van der Waals surface area contributed by atoms with Gasteiger partial charge in [-0.15, -0.1) is 0 Å². The van der Waals surface area contributed by atoms with E-state index in [1.165, 1.54) is 12.3 Å². The highest BCUT2D eigenvalue weighted by Crippen LogP contribution is 2.13. The molecule has 118 valence electrons. The summed E-state index contributed by atoms with van der Waals surface area (Å²) in [6.45, 7) is 7.37. The van der Waals surface area contributed by atoms with E-state index in [4.69, 9.17) is 5.73 Å². The van der Waals surface area contributed by atoms with Gasteiger partial charge in [-0.3, -0.25) is 9.79 Å².